The Bertz CT molecular complexity index is 960. The lowest BCUT2D eigenvalue weighted by molar-refractivity contribution is 0.0652. The Morgan fingerprint density at radius 3 is 2.47 bits per heavy atom. The molecule has 1 unspecified atom stereocenters. The Labute approximate surface area is 205 Å². The number of fused-ring (bicyclic) bond motifs is 2. The Balaban J connectivity index is 0.00000289. The Hall–Kier alpha value is -2.62. The van der Waals surface area contributed by atoms with Crippen LogP contribution >= 0.6 is 24.0 Å². The normalized spacial score (nSPS) is 17.2. The molecule has 0 spiro atoms. The molecular weight excluding hydrogens is 519 g/mol. The van der Waals surface area contributed by atoms with Gasteiger partial charge in [0.1, 0.15) is 5.75 Å². The number of imide groups is 1. The highest BCUT2D eigenvalue weighted by molar-refractivity contribution is 14.0. The van der Waals surface area contributed by atoms with E-state index in [2.05, 4.69) is 21.7 Å². The zero-order valence-corrected chi connectivity index (χ0v) is 20.5. The highest BCUT2D eigenvalue weighted by Gasteiger charge is 2.34. The van der Waals surface area contributed by atoms with Gasteiger partial charge in [-0.1, -0.05) is 30.3 Å². The zero-order chi connectivity index (χ0) is 21.6. The van der Waals surface area contributed by atoms with E-state index in [-0.39, 0.29) is 41.8 Å². The van der Waals surface area contributed by atoms with Crippen LogP contribution < -0.4 is 15.4 Å². The van der Waals surface area contributed by atoms with Crippen molar-refractivity contribution in [3.05, 3.63) is 65.2 Å². The maximum Gasteiger partial charge on any atom is 0.261 e. The number of unbranched alkanes of at least 4 members (excludes halogenated alkanes) is 1. The minimum Gasteiger partial charge on any atom is -0.493 e. The summed E-state index contributed by atoms with van der Waals surface area (Å²) in [5.74, 6) is 1.29. The molecule has 8 heteroatoms. The molecule has 0 bridgehead atoms. The second-order valence-electron chi connectivity index (χ2n) is 7.65. The summed E-state index contributed by atoms with van der Waals surface area (Å²) in [5, 5.41) is 6.81. The topological polar surface area (TPSA) is 83.0 Å². The monoisotopic (exact) mass is 548 g/mol. The summed E-state index contributed by atoms with van der Waals surface area (Å²) in [6.45, 7) is 4.51. The number of amides is 2. The van der Waals surface area contributed by atoms with Gasteiger partial charge in [-0.05, 0) is 38.0 Å². The summed E-state index contributed by atoms with van der Waals surface area (Å²) in [6.07, 6.45) is 2.38. The lowest BCUT2D eigenvalue weighted by Crippen LogP contribution is -2.41. The van der Waals surface area contributed by atoms with Gasteiger partial charge >= 0.3 is 0 Å². The molecule has 0 radical (unpaired) electrons. The van der Waals surface area contributed by atoms with Gasteiger partial charge in [0.05, 0.1) is 23.8 Å². The van der Waals surface area contributed by atoms with Gasteiger partial charge in [0.15, 0.2) is 5.96 Å². The molecule has 2 aromatic carbocycles. The van der Waals surface area contributed by atoms with Crippen molar-refractivity contribution >= 4 is 41.8 Å². The predicted molar refractivity (Wildman–Crippen MR) is 135 cm³/mol. The van der Waals surface area contributed by atoms with Gasteiger partial charge in [0.2, 0.25) is 0 Å². The molecule has 0 aromatic heterocycles. The number of aliphatic imine (C=N–C) groups is 1. The number of nitrogens with one attached hydrogen (secondary N) is 2. The van der Waals surface area contributed by atoms with Crippen molar-refractivity contribution in [1.82, 2.24) is 15.5 Å². The van der Waals surface area contributed by atoms with E-state index in [9.17, 15) is 9.59 Å². The molecule has 2 heterocycles. The Kier molecular flexibility index (Phi) is 8.49. The number of para-hydroxylation sites is 1. The maximum absolute atomic E-state index is 12.4. The highest BCUT2D eigenvalue weighted by atomic mass is 127. The highest BCUT2D eigenvalue weighted by Crippen LogP contribution is 2.31. The standard InChI is InChI=1S/C24H28N4O3.HI/c1-2-25-24(27-20-13-16-31-21-12-6-5-11-19(20)21)26-14-7-8-15-28-22(29)17-9-3-4-10-18(17)23(28)30;/h3-6,9-12,20H,2,7-8,13-16H2,1H3,(H2,25,26,27);1H. The van der Waals surface area contributed by atoms with E-state index < -0.39 is 0 Å². The van der Waals surface area contributed by atoms with Gasteiger partial charge in [-0.15, -0.1) is 24.0 Å². The van der Waals surface area contributed by atoms with Gasteiger partial charge < -0.3 is 15.4 Å². The van der Waals surface area contributed by atoms with Gasteiger partial charge in [0, 0.05) is 31.6 Å². The average molecular weight is 548 g/mol. The fourth-order valence-corrected chi connectivity index (χ4v) is 3.99. The number of nitrogens with zero attached hydrogens (tertiary/aromatic N) is 2. The molecule has 2 aromatic rings. The molecule has 2 amide bonds. The minimum atomic E-state index is -0.197. The average Bonchev–Trinajstić information content (AvgIpc) is 3.04. The molecule has 7 nitrogen and oxygen atoms in total. The zero-order valence-electron chi connectivity index (χ0n) is 18.2. The fourth-order valence-electron chi connectivity index (χ4n) is 3.99. The van der Waals surface area contributed by atoms with Crippen LogP contribution in [0.5, 0.6) is 5.75 Å². The number of carbonyl (C=O) groups excluding carboxylic acids is 2. The van der Waals surface area contributed by atoms with Gasteiger partial charge in [0.25, 0.3) is 11.8 Å². The van der Waals surface area contributed by atoms with Crippen LogP contribution in [0.15, 0.2) is 53.5 Å². The molecule has 1 atom stereocenters. The summed E-state index contributed by atoms with van der Waals surface area (Å²) in [5.41, 5.74) is 2.15. The third kappa shape index (κ3) is 5.23. The number of rotatable bonds is 7. The van der Waals surface area contributed by atoms with E-state index in [1.54, 1.807) is 24.3 Å². The number of benzene rings is 2. The molecule has 0 fully saturated rings. The number of ether oxygens (including phenoxy) is 1. The second-order valence-corrected chi connectivity index (χ2v) is 7.65. The van der Waals surface area contributed by atoms with E-state index in [0.717, 1.165) is 36.7 Å². The predicted octanol–water partition coefficient (Wildman–Crippen LogP) is 3.76. The van der Waals surface area contributed by atoms with Crippen LogP contribution in [0.2, 0.25) is 0 Å². The van der Waals surface area contributed by atoms with Crippen LogP contribution in [0, 0.1) is 0 Å². The maximum atomic E-state index is 12.4. The third-order valence-electron chi connectivity index (χ3n) is 5.55. The SMILES string of the molecule is CCNC(=NCCCCN1C(=O)c2ccccc2C1=O)NC1CCOc2ccccc21.I. The first-order valence-electron chi connectivity index (χ1n) is 10.9. The van der Waals surface area contributed by atoms with Crippen molar-refractivity contribution in [3.63, 3.8) is 0 Å². The van der Waals surface area contributed by atoms with Crippen LogP contribution in [-0.2, 0) is 0 Å². The number of guanidine groups is 1. The quantitative estimate of drug-likeness (QED) is 0.181. The van der Waals surface area contributed by atoms with E-state index in [1.807, 2.05) is 25.1 Å². The van der Waals surface area contributed by atoms with Crippen LogP contribution in [-0.4, -0.2) is 48.9 Å². The lowest BCUT2D eigenvalue weighted by Gasteiger charge is -2.28. The Morgan fingerprint density at radius 1 is 1.06 bits per heavy atom. The van der Waals surface area contributed by atoms with Crippen molar-refractivity contribution in [3.8, 4) is 5.75 Å². The summed E-state index contributed by atoms with van der Waals surface area (Å²) < 4.78 is 5.74. The van der Waals surface area contributed by atoms with E-state index >= 15 is 0 Å². The number of halogens is 1. The van der Waals surface area contributed by atoms with Crippen molar-refractivity contribution in [1.29, 1.82) is 0 Å². The third-order valence-corrected chi connectivity index (χ3v) is 5.55. The van der Waals surface area contributed by atoms with Crippen LogP contribution in [0.4, 0.5) is 0 Å². The molecule has 2 aliphatic heterocycles. The minimum absolute atomic E-state index is 0. The lowest BCUT2D eigenvalue weighted by atomic mass is 10.0. The first-order chi connectivity index (χ1) is 15.2. The van der Waals surface area contributed by atoms with Crippen molar-refractivity contribution in [2.45, 2.75) is 32.2 Å². The first kappa shape index (κ1) is 24.0. The van der Waals surface area contributed by atoms with Crippen LogP contribution in [0.1, 0.15) is 58.5 Å². The first-order valence-corrected chi connectivity index (χ1v) is 10.9. The Morgan fingerprint density at radius 2 is 1.75 bits per heavy atom. The smallest absolute Gasteiger partial charge is 0.261 e. The van der Waals surface area contributed by atoms with Crippen molar-refractivity contribution in [2.75, 3.05) is 26.2 Å². The summed E-state index contributed by atoms with van der Waals surface area (Å²) in [4.78, 5) is 30.9. The second kappa shape index (κ2) is 11.3. The fraction of sp³-hybridized carbons (Fsp3) is 0.375. The number of hydrogen-bond donors (Lipinski definition) is 2. The summed E-state index contributed by atoms with van der Waals surface area (Å²) in [7, 11) is 0. The van der Waals surface area contributed by atoms with Gasteiger partial charge in [-0.2, -0.15) is 0 Å². The van der Waals surface area contributed by atoms with E-state index in [0.29, 0.717) is 37.2 Å². The molecule has 0 saturated carbocycles. The summed E-state index contributed by atoms with van der Waals surface area (Å²) >= 11 is 0. The molecule has 0 aliphatic carbocycles. The molecule has 2 aliphatic rings. The number of carbonyl (C=O) groups is 2. The van der Waals surface area contributed by atoms with E-state index in [1.165, 1.54) is 4.90 Å². The van der Waals surface area contributed by atoms with E-state index in [4.69, 9.17) is 4.74 Å². The largest absolute Gasteiger partial charge is 0.493 e. The molecule has 0 saturated heterocycles. The molecule has 170 valence electrons. The van der Waals surface area contributed by atoms with Gasteiger partial charge in [-0.25, -0.2) is 0 Å². The van der Waals surface area contributed by atoms with Crippen LogP contribution in [0.3, 0.4) is 0 Å². The van der Waals surface area contributed by atoms with Crippen molar-refractivity contribution < 1.29 is 14.3 Å². The molecule has 2 N–H and O–H groups in total. The van der Waals surface area contributed by atoms with Crippen LogP contribution in [0.25, 0.3) is 0 Å². The molecule has 32 heavy (non-hydrogen) atoms. The van der Waals surface area contributed by atoms with Gasteiger partial charge in [-0.3, -0.25) is 19.5 Å². The molecule has 4 rings (SSSR count). The van der Waals surface area contributed by atoms with Crippen molar-refractivity contribution in [2.24, 2.45) is 4.99 Å². The number of hydrogen-bond acceptors (Lipinski definition) is 4. The molecular formula is C24H29IN4O3. The summed E-state index contributed by atoms with van der Waals surface area (Å²) in [6, 6.07) is 15.2.